The first-order valence-electron chi connectivity index (χ1n) is 10.3. The molecule has 2 heterocycles. The number of nitrogens with one attached hydrogen (secondary N) is 1. The molecule has 9 heteroatoms. The molecule has 174 valence electrons. The van der Waals surface area contributed by atoms with E-state index in [2.05, 4.69) is 5.32 Å². The number of nitrogens with zero attached hydrogens (tertiary/aromatic N) is 1. The third kappa shape index (κ3) is 5.04. The number of carbonyl (C=O) groups is 3. The van der Waals surface area contributed by atoms with Gasteiger partial charge in [0.1, 0.15) is 29.8 Å². The van der Waals surface area contributed by atoms with Crippen molar-refractivity contribution in [2.45, 2.75) is 13.5 Å². The monoisotopic (exact) mass is 506 g/mol. The number of nitriles is 1. The number of benzene rings is 2. The highest BCUT2D eigenvalue weighted by Crippen LogP contribution is 2.30. The zero-order valence-corrected chi connectivity index (χ0v) is 19.7. The van der Waals surface area contributed by atoms with Gasteiger partial charge in [-0.15, -0.1) is 0 Å². The van der Waals surface area contributed by atoms with Crippen LogP contribution >= 0.6 is 23.2 Å². The summed E-state index contributed by atoms with van der Waals surface area (Å²) in [5, 5.41) is 12.0. The molecule has 0 fully saturated rings. The minimum Gasteiger partial charge on any atom is -0.457 e. The highest BCUT2D eigenvalue weighted by Gasteiger charge is 2.27. The van der Waals surface area contributed by atoms with Crippen molar-refractivity contribution in [3.8, 4) is 17.4 Å². The van der Waals surface area contributed by atoms with Crippen molar-refractivity contribution in [1.29, 1.82) is 5.26 Å². The molecular formula is C26H16Cl2N2O5. The summed E-state index contributed by atoms with van der Waals surface area (Å²) in [4.78, 5) is 36.7. The SMILES string of the molecule is CC1=C(C#N)C(=O)NC(=O)/C1=C\c1ccc(-c2ccc(Cl)c(C(=O)OCc3ccccc3Cl)c2)o1. The van der Waals surface area contributed by atoms with Crippen molar-refractivity contribution in [2.24, 2.45) is 0 Å². The molecule has 0 atom stereocenters. The molecule has 1 aliphatic rings. The first kappa shape index (κ1) is 24.0. The Hall–Kier alpha value is -4.12. The Morgan fingerprint density at radius 3 is 2.60 bits per heavy atom. The standard InChI is InChI=1S/C26H16Cl2N2O5/c1-14-18(24(31)30-25(32)20(14)12-29)11-17-7-9-23(35-17)15-6-8-22(28)19(10-15)26(33)34-13-16-4-2-3-5-21(16)27/h2-11H,13H2,1H3,(H,30,31,32)/b18-11-. The van der Waals surface area contributed by atoms with Crippen LogP contribution in [0.25, 0.3) is 17.4 Å². The fourth-order valence-electron chi connectivity index (χ4n) is 3.42. The van der Waals surface area contributed by atoms with Gasteiger partial charge in [0, 0.05) is 21.7 Å². The second-order valence-electron chi connectivity index (χ2n) is 7.52. The van der Waals surface area contributed by atoms with Gasteiger partial charge in [-0.1, -0.05) is 41.4 Å². The van der Waals surface area contributed by atoms with Gasteiger partial charge in [0.2, 0.25) is 0 Å². The Kier molecular flexibility index (Phi) is 6.87. The predicted molar refractivity (Wildman–Crippen MR) is 129 cm³/mol. The van der Waals surface area contributed by atoms with Gasteiger partial charge >= 0.3 is 5.97 Å². The molecule has 0 spiro atoms. The van der Waals surface area contributed by atoms with Crippen LogP contribution in [-0.2, 0) is 20.9 Å². The number of rotatable bonds is 5. The molecule has 1 N–H and O–H groups in total. The zero-order chi connectivity index (χ0) is 25.1. The lowest BCUT2D eigenvalue weighted by molar-refractivity contribution is -0.126. The van der Waals surface area contributed by atoms with Crippen LogP contribution in [0.4, 0.5) is 0 Å². The van der Waals surface area contributed by atoms with E-state index in [-0.39, 0.29) is 33.9 Å². The highest BCUT2D eigenvalue weighted by atomic mass is 35.5. The molecule has 7 nitrogen and oxygen atoms in total. The normalized spacial score (nSPS) is 14.6. The number of hydrogen-bond donors (Lipinski definition) is 1. The number of esters is 1. The van der Waals surface area contributed by atoms with Crippen LogP contribution < -0.4 is 5.32 Å². The molecule has 1 aromatic heterocycles. The van der Waals surface area contributed by atoms with E-state index in [0.29, 0.717) is 27.7 Å². The topological polar surface area (TPSA) is 109 Å². The minimum absolute atomic E-state index is 0.0142. The minimum atomic E-state index is -0.734. The van der Waals surface area contributed by atoms with E-state index in [4.69, 9.17) is 32.4 Å². The van der Waals surface area contributed by atoms with Crippen molar-refractivity contribution in [2.75, 3.05) is 0 Å². The average molecular weight is 507 g/mol. The smallest absolute Gasteiger partial charge is 0.340 e. The lowest BCUT2D eigenvalue weighted by atomic mass is 9.96. The second-order valence-corrected chi connectivity index (χ2v) is 8.33. The van der Waals surface area contributed by atoms with Crippen molar-refractivity contribution in [3.05, 3.63) is 98.2 Å². The molecule has 0 unspecified atom stereocenters. The molecule has 35 heavy (non-hydrogen) atoms. The molecule has 0 aliphatic carbocycles. The molecule has 0 radical (unpaired) electrons. The van der Waals surface area contributed by atoms with Gasteiger partial charge in [-0.3, -0.25) is 14.9 Å². The van der Waals surface area contributed by atoms with E-state index in [9.17, 15) is 19.6 Å². The second kappa shape index (κ2) is 10.0. The Labute approximate surface area is 210 Å². The maximum Gasteiger partial charge on any atom is 0.340 e. The Bertz CT molecular complexity index is 1480. The largest absolute Gasteiger partial charge is 0.457 e. The summed E-state index contributed by atoms with van der Waals surface area (Å²) in [5.41, 5.74) is 1.62. The van der Waals surface area contributed by atoms with Gasteiger partial charge in [0.25, 0.3) is 11.8 Å². The first-order valence-corrected chi connectivity index (χ1v) is 11.0. The summed E-state index contributed by atoms with van der Waals surface area (Å²) in [5.74, 6) is -1.27. The number of halogens is 2. The zero-order valence-electron chi connectivity index (χ0n) is 18.2. The van der Waals surface area contributed by atoms with Crippen molar-refractivity contribution in [1.82, 2.24) is 5.32 Å². The molecule has 3 aromatic rings. The predicted octanol–water partition coefficient (Wildman–Crippen LogP) is 5.49. The molecule has 4 rings (SSSR count). The van der Waals surface area contributed by atoms with E-state index < -0.39 is 17.8 Å². The van der Waals surface area contributed by atoms with E-state index in [0.717, 1.165) is 0 Å². The molecule has 0 saturated heterocycles. The van der Waals surface area contributed by atoms with E-state index in [1.165, 1.54) is 19.1 Å². The van der Waals surface area contributed by atoms with Crippen LogP contribution in [0, 0.1) is 11.3 Å². The number of ether oxygens (including phenoxy) is 1. The average Bonchev–Trinajstić information content (AvgIpc) is 3.30. The van der Waals surface area contributed by atoms with Crippen molar-refractivity contribution >= 4 is 47.1 Å². The third-order valence-electron chi connectivity index (χ3n) is 5.29. The van der Waals surface area contributed by atoms with Gasteiger partial charge in [-0.05, 0) is 55.0 Å². The van der Waals surface area contributed by atoms with Crippen LogP contribution in [0.3, 0.4) is 0 Å². The summed E-state index contributed by atoms with van der Waals surface area (Å²) in [7, 11) is 0. The van der Waals surface area contributed by atoms with E-state index >= 15 is 0 Å². The summed E-state index contributed by atoms with van der Waals surface area (Å²) in [6.45, 7) is 1.50. The fraction of sp³-hybridized carbons (Fsp3) is 0.0769. The summed E-state index contributed by atoms with van der Waals surface area (Å²) >= 11 is 12.3. The summed E-state index contributed by atoms with van der Waals surface area (Å²) in [6.07, 6.45) is 1.44. The first-order chi connectivity index (χ1) is 16.8. The molecule has 1 aliphatic heterocycles. The van der Waals surface area contributed by atoms with Crippen LogP contribution in [0.2, 0.25) is 10.0 Å². The lowest BCUT2D eigenvalue weighted by Crippen LogP contribution is -2.37. The fourth-order valence-corrected chi connectivity index (χ4v) is 3.80. The maximum atomic E-state index is 12.7. The lowest BCUT2D eigenvalue weighted by Gasteiger charge is -2.15. The van der Waals surface area contributed by atoms with Gasteiger partial charge in [0.15, 0.2) is 0 Å². The van der Waals surface area contributed by atoms with E-state index in [1.807, 2.05) is 0 Å². The third-order valence-corrected chi connectivity index (χ3v) is 5.99. The summed E-state index contributed by atoms with van der Waals surface area (Å²) in [6, 6.07) is 16.9. The van der Waals surface area contributed by atoms with Gasteiger partial charge in [-0.2, -0.15) is 5.26 Å². The molecule has 2 amide bonds. The summed E-state index contributed by atoms with van der Waals surface area (Å²) < 4.78 is 11.2. The van der Waals surface area contributed by atoms with Crippen LogP contribution in [-0.4, -0.2) is 17.8 Å². The number of carbonyl (C=O) groups excluding carboxylic acids is 3. The van der Waals surface area contributed by atoms with Crippen LogP contribution in [0.15, 0.2) is 75.7 Å². The Morgan fingerprint density at radius 2 is 1.86 bits per heavy atom. The van der Waals surface area contributed by atoms with Crippen LogP contribution in [0.5, 0.6) is 0 Å². The number of furan rings is 1. The molecule has 2 aromatic carbocycles. The van der Waals surface area contributed by atoms with Crippen molar-refractivity contribution < 1.29 is 23.5 Å². The Morgan fingerprint density at radius 1 is 1.09 bits per heavy atom. The number of hydrogen-bond acceptors (Lipinski definition) is 6. The molecule has 0 bridgehead atoms. The van der Waals surface area contributed by atoms with Crippen LogP contribution in [0.1, 0.15) is 28.6 Å². The highest BCUT2D eigenvalue weighted by molar-refractivity contribution is 6.33. The maximum absolute atomic E-state index is 12.7. The number of amides is 2. The number of imide groups is 1. The van der Waals surface area contributed by atoms with E-state index in [1.54, 1.807) is 54.6 Å². The Balaban J connectivity index is 1.58. The van der Waals surface area contributed by atoms with Gasteiger partial charge in [-0.25, -0.2) is 4.79 Å². The van der Waals surface area contributed by atoms with Crippen molar-refractivity contribution in [3.63, 3.8) is 0 Å². The van der Waals surface area contributed by atoms with Gasteiger partial charge < -0.3 is 9.15 Å². The quantitative estimate of drug-likeness (QED) is 0.278. The van der Waals surface area contributed by atoms with Gasteiger partial charge in [0.05, 0.1) is 10.6 Å². The molecular weight excluding hydrogens is 491 g/mol. The molecule has 0 saturated carbocycles.